The van der Waals surface area contributed by atoms with Crippen molar-refractivity contribution in [3.8, 4) is 0 Å². The van der Waals surface area contributed by atoms with E-state index in [9.17, 15) is 9.00 Å². The second-order valence-corrected chi connectivity index (χ2v) is 2.30. The number of carbonyl (C=O) groups is 1. The predicted octanol–water partition coefficient (Wildman–Crippen LogP) is 0.728. The third kappa shape index (κ3) is 2.28. The van der Waals surface area contributed by atoms with E-state index in [0.29, 0.717) is 5.56 Å². The molecule has 0 unspecified atom stereocenters. The van der Waals surface area contributed by atoms with Crippen LogP contribution in [0.25, 0.3) is 0 Å². The van der Waals surface area contributed by atoms with E-state index in [1.54, 1.807) is 30.3 Å². The Morgan fingerprint density at radius 3 is 2.58 bits per heavy atom. The lowest BCUT2D eigenvalue weighted by atomic mass is 10.2. The summed E-state index contributed by atoms with van der Waals surface area (Å²) in [6.45, 7) is 0. The first-order valence-corrected chi connectivity index (χ1v) is 3.89. The summed E-state index contributed by atoms with van der Waals surface area (Å²) in [6, 6.07) is 8.55. The topological polar surface area (TPSA) is 58.5 Å². The summed E-state index contributed by atoms with van der Waals surface area (Å²) in [6.07, 6.45) is 0. The predicted molar refractivity (Wildman–Crippen MR) is 44.5 cm³/mol. The summed E-state index contributed by atoms with van der Waals surface area (Å²) in [5, 5.41) is 0. The van der Waals surface area contributed by atoms with E-state index in [1.807, 2.05) is 0 Å². The van der Waals surface area contributed by atoms with Gasteiger partial charge >= 0.3 is 0 Å². The van der Waals surface area contributed by atoms with Gasteiger partial charge in [0.15, 0.2) is 0 Å². The standard InChI is InChI=1S/C7H6N2O2S/c10-7(8-9-12-11)6-4-2-1-3-5-6/h1-5H,(H,8,10). The van der Waals surface area contributed by atoms with Gasteiger partial charge in [-0.05, 0) is 12.1 Å². The van der Waals surface area contributed by atoms with Gasteiger partial charge in [-0.3, -0.25) is 4.79 Å². The lowest BCUT2D eigenvalue weighted by Crippen LogP contribution is -2.16. The molecular formula is C7H6N2O2S. The minimum atomic E-state index is -0.376. The van der Waals surface area contributed by atoms with Crippen LogP contribution in [0, 0.1) is 0 Å². The summed E-state index contributed by atoms with van der Waals surface area (Å²) in [7, 11) is 0. The molecule has 1 N–H and O–H groups in total. The lowest BCUT2D eigenvalue weighted by molar-refractivity contribution is 0.0956. The molecule has 0 saturated heterocycles. The number of amides is 1. The molecule has 1 amide bonds. The van der Waals surface area contributed by atoms with Gasteiger partial charge in [0.05, 0.1) is 0 Å². The fourth-order valence-electron chi connectivity index (χ4n) is 0.714. The number of hydrogen-bond donors (Lipinski definition) is 1. The molecule has 0 heterocycles. The Morgan fingerprint density at radius 2 is 2.00 bits per heavy atom. The number of carbonyl (C=O) groups excluding carboxylic acids is 1. The highest BCUT2D eigenvalue weighted by Gasteiger charge is 2.00. The number of hydrogen-bond acceptors (Lipinski definition) is 3. The normalized spacial score (nSPS) is 8.67. The molecule has 0 aliphatic heterocycles. The van der Waals surface area contributed by atoms with Gasteiger partial charge in [-0.25, -0.2) is 5.43 Å². The maximum Gasteiger partial charge on any atom is 0.272 e. The zero-order chi connectivity index (χ0) is 8.81. The van der Waals surface area contributed by atoms with Crippen molar-refractivity contribution in [1.29, 1.82) is 0 Å². The first kappa shape index (κ1) is 8.61. The van der Waals surface area contributed by atoms with Crippen LogP contribution in [0.5, 0.6) is 0 Å². The smallest absolute Gasteiger partial charge is 0.267 e. The monoisotopic (exact) mass is 182 g/mol. The molecular weight excluding hydrogens is 176 g/mol. The highest BCUT2D eigenvalue weighted by molar-refractivity contribution is 7.54. The molecule has 1 aromatic carbocycles. The van der Waals surface area contributed by atoms with Crippen molar-refractivity contribution in [3.63, 3.8) is 0 Å². The van der Waals surface area contributed by atoms with Crippen LogP contribution in [-0.4, -0.2) is 10.1 Å². The first-order chi connectivity index (χ1) is 5.84. The molecule has 0 aliphatic carbocycles. The largest absolute Gasteiger partial charge is 0.272 e. The molecule has 12 heavy (non-hydrogen) atoms. The van der Waals surface area contributed by atoms with Crippen LogP contribution in [0.3, 0.4) is 0 Å². The average Bonchev–Trinajstić information content (AvgIpc) is 2.15. The molecule has 4 nitrogen and oxygen atoms in total. The second-order valence-electron chi connectivity index (χ2n) is 1.97. The number of benzene rings is 1. The number of rotatable bonds is 2. The fourth-order valence-corrected chi connectivity index (χ4v) is 0.834. The van der Waals surface area contributed by atoms with E-state index >= 15 is 0 Å². The van der Waals surface area contributed by atoms with Crippen LogP contribution in [0.1, 0.15) is 10.4 Å². The molecule has 1 aromatic rings. The molecule has 0 atom stereocenters. The van der Waals surface area contributed by atoms with Crippen molar-refractivity contribution >= 4 is 17.4 Å². The van der Waals surface area contributed by atoms with Gasteiger partial charge in [-0.15, -0.1) is 0 Å². The fraction of sp³-hybridized carbons (Fsp3) is 0. The molecule has 0 spiro atoms. The first-order valence-electron chi connectivity index (χ1n) is 3.19. The molecule has 0 fully saturated rings. The average molecular weight is 182 g/mol. The minimum absolute atomic E-state index is 0.0323. The van der Waals surface area contributed by atoms with E-state index in [0.717, 1.165) is 0 Å². The maximum absolute atomic E-state index is 11.0. The van der Waals surface area contributed by atoms with Crippen LogP contribution >= 0.6 is 0 Å². The van der Waals surface area contributed by atoms with Gasteiger partial charge in [-0.1, -0.05) is 22.7 Å². The molecule has 0 aliphatic rings. The van der Waals surface area contributed by atoms with Gasteiger partial charge in [0.2, 0.25) is 11.5 Å². The molecule has 0 saturated carbocycles. The Balaban J connectivity index is 2.72. The minimum Gasteiger partial charge on any atom is -0.267 e. The molecule has 1 rings (SSSR count). The molecule has 0 bridgehead atoms. The Labute approximate surface area is 72.8 Å². The Bertz CT molecular complexity index is 319. The van der Waals surface area contributed by atoms with Gasteiger partial charge in [0.1, 0.15) is 0 Å². The van der Waals surface area contributed by atoms with Crippen LogP contribution in [0.2, 0.25) is 0 Å². The quantitative estimate of drug-likeness (QED) is 0.685. The third-order valence-electron chi connectivity index (χ3n) is 1.22. The summed E-state index contributed by atoms with van der Waals surface area (Å²) in [4.78, 5) is 11.0. The van der Waals surface area contributed by atoms with Gasteiger partial charge in [0, 0.05) is 5.56 Å². The van der Waals surface area contributed by atoms with E-state index in [-0.39, 0.29) is 17.4 Å². The summed E-state index contributed by atoms with van der Waals surface area (Å²) < 4.78 is 12.9. The van der Waals surface area contributed by atoms with Gasteiger partial charge in [-0.2, -0.15) is 4.21 Å². The highest BCUT2D eigenvalue weighted by atomic mass is 32.1. The van der Waals surface area contributed by atoms with Crippen molar-refractivity contribution < 1.29 is 9.00 Å². The van der Waals surface area contributed by atoms with E-state index in [1.165, 1.54) is 0 Å². The van der Waals surface area contributed by atoms with Crippen LogP contribution in [0.15, 0.2) is 34.8 Å². The third-order valence-corrected chi connectivity index (χ3v) is 1.39. The summed E-state index contributed by atoms with van der Waals surface area (Å²) in [5.41, 5.74) is 2.57. The second kappa shape index (κ2) is 4.40. The van der Waals surface area contributed by atoms with E-state index in [4.69, 9.17) is 0 Å². The summed E-state index contributed by atoms with van der Waals surface area (Å²) in [5.74, 6) is -0.376. The van der Waals surface area contributed by atoms with Crippen LogP contribution in [0.4, 0.5) is 0 Å². The van der Waals surface area contributed by atoms with Crippen LogP contribution in [-0.2, 0) is 11.5 Å². The maximum atomic E-state index is 11.0. The number of nitrogens with one attached hydrogen (secondary N) is 1. The van der Waals surface area contributed by atoms with Crippen molar-refractivity contribution in [2.75, 3.05) is 0 Å². The van der Waals surface area contributed by atoms with Crippen molar-refractivity contribution in [1.82, 2.24) is 5.43 Å². The molecule has 0 radical (unpaired) electrons. The molecule has 62 valence electrons. The highest BCUT2D eigenvalue weighted by Crippen LogP contribution is 1.96. The Morgan fingerprint density at radius 1 is 1.33 bits per heavy atom. The zero-order valence-corrected chi connectivity index (χ0v) is 6.88. The molecule has 0 aromatic heterocycles. The molecule has 5 heteroatoms. The van der Waals surface area contributed by atoms with E-state index < -0.39 is 0 Å². The van der Waals surface area contributed by atoms with Gasteiger partial charge < -0.3 is 0 Å². The van der Waals surface area contributed by atoms with Crippen molar-refractivity contribution in [3.05, 3.63) is 35.9 Å². The number of nitrogens with zero attached hydrogens (tertiary/aromatic N) is 1. The zero-order valence-electron chi connectivity index (χ0n) is 6.06. The van der Waals surface area contributed by atoms with Crippen LogP contribution < -0.4 is 5.43 Å². The Hall–Kier alpha value is -1.49. The Kier molecular flexibility index (Phi) is 3.16. The van der Waals surface area contributed by atoms with Crippen molar-refractivity contribution in [2.45, 2.75) is 0 Å². The summed E-state index contributed by atoms with van der Waals surface area (Å²) >= 11 is -0.0323. The lowest BCUT2D eigenvalue weighted by Gasteiger charge is -1.95. The van der Waals surface area contributed by atoms with Gasteiger partial charge in [0.25, 0.3) is 5.91 Å². The van der Waals surface area contributed by atoms with E-state index in [2.05, 4.69) is 9.90 Å². The van der Waals surface area contributed by atoms with Crippen molar-refractivity contribution in [2.24, 2.45) is 4.47 Å². The SMILES string of the molecule is O=S=NNC(=O)c1ccccc1.